The van der Waals surface area contributed by atoms with E-state index in [0.29, 0.717) is 26.0 Å². The first-order valence-electron chi connectivity index (χ1n) is 15.3. The third-order valence-electron chi connectivity index (χ3n) is 6.92. The van der Waals surface area contributed by atoms with E-state index in [1.54, 1.807) is 20.8 Å². The average Bonchev–Trinajstić information content (AvgIpc) is 3.38. The van der Waals surface area contributed by atoms with Gasteiger partial charge < -0.3 is 35.5 Å². The third-order valence-corrected chi connectivity index (χ3v) is 6.92. The Morgan fingerprint density at radius 2 is 1.70 bits per heavy atom. The summed E-state index contributed by atoms with van der Waals surface area (Å²) in [4.78, 5) is 63.4. The van der Waals surface area contributed by atoms with Gasteiger partial charge >= 0.3 is 12.1 Å². The molecule has 4 atom stereocenters. The molecule has 0 aromatic heterocycles. The Morgan fingerprint density at radius 3 is 2.32 bits per heavy atom. The topological polar surface area (TPSA) is 161 Å². The van der Waals surface area contributed by atoms with Crippen LogP contribution in [0.3, 0.4) is 0 Å². The van der Waals surface area contributed by atoms with Crippen molar-refractivity contribution >= 4 is 29.8 Å². The van der Waals surface area contributed by atoms with Gasteiger partial charge in [0.15, 0.2) is 0 Å². The van der Waals surface area contributed by atoms with Gasteiger partial charge in [-0.25, -0.2) is 9.59 Å². The van der Waals surface area contributed by atoms with Gasteiger partial charge in [-0.3, -0.25) is 14.4 Å². The fourth-order valence-electron chi connectivity index (χ4n) is 4.66. The second kappa shape index (κ2) is 19.4. The maximum absolute atomic E-state index is 13.5. The number of carbonyl (C=O) groups is 5. The van der Waals surface area contributed by atoms with E-state index in [-0.39, 0.29) is 49.9 Å². The minimum atomic E-state index is -0.961. The number of esters is 1. The Bertz CT molecular complexity index is 1110. The van der Waals surface area contributed by atoms with Crippen LogP contribution in [0.25, 0.3) is 0 Å². The van der Waals surface area contributed by atoms with Gasteiger partial charge in [0.05, 0.1) is 19.8 Å². The van der Waals surface area contributed by atoms with E-state index in [0.717, 1.165) is 5.56 Å². The quantitative estimate of drug-likeness (QED) is 0.111. The zero-order valence-corrected chi connectivity index (χ0v) is 26.4. The molecule has 0 bridgehead atoms. The number of ether oxygens (including phenoxy) is 3. The van der Waals surface area contributed by atoms with Gasteiger partial charge in [0.25, 0.3) is 0 Å². The Balaban J connectivity index is 2.00. The van der Waals surface area contributed by atoms with Gasteiger partial charge in [-0.1, -0.05) is 64.1 Å². The normalized spacial score (nSPS) is 16.7. The SMILES string of the molecule is CCOC(=O)C=C[C@H](C[C@@H]1CCNC1=O)NC(=O)[C@H](CC(C)C)NC(=O)[C@@H](NC(=O)OCCOCc1ccccc1)C(C)C. The molecule has 0 aliphatic carbocycles. The lowest BCUT2D eigenvalue weighted by molar-refractivity contribution is -0.137. The number of carbonyl (C=O) groups excluding carboxylic acids is 5. The molecular weight excluding hydrogens is 568 g/mol. The molecule has 4 N–H and O–H groups in total. The summed E-state index contributed by atoms with van der Waals surface area (Å²) in [6.45, 7) is 10.4. The van der Waals surface area contributed by atoms with Crippen LogP contribution in [0.4, 0.5) is 4.79 Å². The fraction of sp³-hybridized carbons (Fsp3) is 0.594. The Hall–Kier alpha value is -3.93. The highest BCUT2D eigenvalue weighted by Crippen LogP contribution is 2.18. The lowest BCUT2D eigenvalue weighted by Gasteiger charge is -2.27. The molecule has 12 heteroatoms. The molecule has 1 heterocycles. The first kappa shape index (κ1) is 36.3. The minimum absolute atomic E-state index is 0.00318. The minimum Gasteiger partial charge on any atom is -0.463 e. The van der Waals surface area contributed by atoms with Crippen LogP contribution in [-0.4, -0.2) is 74.3 Å². The second-order valence-corrected chi connectivity index (χ2v) is 11.5. The lowest BCUT2D eigenvalue weighted by atomic mass is 9.96. The van der Waals surface area contributed by atoms with E-state index < -0.39 is 42.0 Å². The summed E-state index contributed by atoms with van der Waals surface area (Å²) in [7, 11) is 0. The summed E-state index contributed by atoms with van der Waals surface area (Å²) in [5.74, 6) is -2.25. The molecule has 1 fully saturated rings. The van der Waals surface area contributed by atoms with Gasteiger partial charge in [0.2, 0.25) is 17.7 Å². The largest absolute Gasteiger partial charge is 0.463 e. The number of rotatable bonds is 18. The predicted octanol–water partition coefficient (Wildman–Crippen LogP) is 2.62. The maximum atomic E-state index is 13.5. The number of hydrogen-bond acceptors (Lipinski definition) is 8. The van der Waals surface area contributed by atoms with Gasteiger partial charge in [0, 0.05) is 24.6 Å². The molecule has 1 aromatic rings. The van der Waals surface area contributed by atoms with Gasteiger partial charge in [-0.05, 0) is 43.6 Å². The van der Waals surface area contributed by atoms with Crippen LogP contribution in [-0.2, 0) is 40.0 Å². The highest BCUT2D eigenvalue weighted by Gasteiger charge is 2.32. The third kappa shape index (κ3) is 13.6. The summed E-state index contributed by atoms with van der Waals surface area (Å²) in [5, 5.41) is 11.0. The van der Waals surface area contributed by atoms with Crippen molar-refractivity contribution in [3.63, 3.8) is 0 Å². The molecule has 44 heavy (non-hydrogen) atoms. The highest BCUT2D eigenvalue weighted by atomic mass is 16.6. The molecule has 1 saturated heterocycles. The summed E-state index contributed by atoms with van der Waals surface area (Å²) in [6, 6.07) is 7.06. The molecule has 0 spiro atoms. The van der Waals surface area contributed by atoms with E-state index in [9.17, 15) is 24.0 Å². The molecule has 1 aliphatic rings. The molecule has 0 saturated carbocycles. The molecular formula is C32H48N4O8. The molecule has 244 valence electrons. The van der Waals surface area contributed by atoms with E-state index in [1.807, 2.05) is 44.2 Å². The maximum Gasteiger partial charge on any atom is 0.407 e. The fourth-order valence-corrected chi connectivity index (χ4v) is 4.66. The molecule has 1 aliphatic heterocycles. The lowest BCUT2D eigenvalue weighted by Crippen LogP contribution is -2.56. The van der Waals surface area contributed by atoms with Crippen molar-refractivity contribution in [3.8, 4) is 0 Å². The molecule has 2 rings (SSSR count). The van der Waals surface area contributed by atoms with Crippen molar-refractivity contribution in [2.45, 2.75) is 78.6 Å². The van der Waals surface area contributed by atoms with Crippen molar-refractivity contribution in [3.05, 3.63) is 48.0 Å². The highest BCUT2D eigenvalue weighted by molar-refractivity contribution is 5.92. The monoisotopic (exact) mass is 616 g/mol. The zero-order chi connectivity index (χ0) is 32.5. The number of hydrogen-bond donors (Lipinski definition) is 4. The van der Waals surface area contributed by atoms with Crippen LogP contribution in [0, 0.1) is 17.8 Å². The summed E-state index contributed by atoms with van der Waals surface area (Å²) in [5.41, 5.74) is 0.999. The van der Waals surface area contributed by atoms with Crippen LogP contribution >= 0.6 is 0 Å². The molecule has 4 amide bonds. The van der Waals surface area contributed by atoms with Crippen LogP contribution in [0.15, 0.2) is 42.5 Å². The van der Waals surface area contributed by atoms with Crippen molar-refractivity contribution in [1.29, 1.82) is 0 Å². The Labute approximate surface area is 260 Å². The first-order valence-corrected chi connectivity index (χ1v) is 15.3. The van der Waals surface area contributed by atoms with Gasteiger partial charge in [0.1, 0.15) is 18.7 Å². The number of benzene rings is 1. The second-order valence-electron chi connectivity index (χ2n) is 11.5. The molecule has 0 radical (unpaired) electrons. The van der Waals surface area contributed by atoms with E-state index in [2.05, 4.69) is 21.3 Å². The van der Waals surface area contributed by atoms with Crippen LogP contribution < -0.4 is 21.3 Å². The van der Waals surface area contributed by atoms with E-state index in [4.69, 9.17) is 14.2 Å². The van der Waals surface area contributed by atoms with Crippen molar-refractivity contribution in [2.75, 3.05) is 26.4 Å². The molecule has 0 unspecified atom stereocenters. The van der Waals surface area contributed by atoms with Crippen LogP contribution in [0.5, 0.6) is 0 Å². The summed E-state index contributed by atoms with van der Waals surface area (Å²) >= 11 is 0. The van der Waals surface area contributed by atoms with Crippen molar-refractivity contribution < 1.29 is 38.2 Å². The average molecular weight is 617 g/mol. The van der Waals surface area contributed by atoms with Crippen molar-refractivity contribution in [1.82, 2.24) is 21.3 Å². The number of amides is 4. The molecule has 12 nitrogen and oxygen atoms in total. The zero-order valence-electron chi connectivity index (χ0n) is 26.4. The van der Waals surface area contributed by atoms with Crippen LogP contribution in [0.2, 0.25) is 0 Å². The van der Waals surface area contributed by atoms with Crippen LogP contribution in [0.1, 0.15) is 59.4 Å². The van der Waals surface area contributed by atoms with Gasteiger partial charge in [-0.15, -0.1) is 0 Å². The first-order chi connectivity index (χ1) is 21.0. The smallest absolute Gasteiger partial charge is 0.407 e. The standard InChI is InChI=1S/C32H48N4O8/c1-6-43-27(37)13-12-25(19-24-14-15-33-29(24)38)34-30(39)26(18-21(2)3)35-31(40)28(22(4)5)36-32(41)44-17-16-42-20-23-10-8-7-9-11-23/h7-13,21-22,24-26,28H,6,14-20H2,1-5H3,(H,33,38)(H,34,39)(H,35,40)(H,36,41)/t24-,25+,26-,28-/m0/s1. The summed E-state index contributed by atoms with van der Waals surface area (Å²) in [6.07, 6.45) is 3.19. The predicted molar refractivity (Wildman–Crippen MR) is 164 cm³/mol. The Morgan fingerprint density at radius 1 is 0.977 bits per heavy atom. The van der Waals surface area contributed by atoms with E-state index >= 15 is 0 Å². The van der Waals surface area contributed by atoms with Gasteiger partial charge in [-0.2, -0.15) is 0 Å². The van der Waals surface area contributed by atoms with Crippen molar-refractivity contribution in [2.24, 2.45) is 17.8 Å². The number of alkyl carbamates (subject to hydrolysis) is 1. The van der Waals surface area contributed by atoms with E-state index in [1.165, 1.54) is 12.2 Å². The Kier molecular flexibility index (Phi) is 16.0. The molecule has 1 aromatic carbocycles. The number of nitrogens with one attached hydrogen (secondary N) is 4. The summed E-state index contributed by atoms with van der Waals surface area (Å²) < 4.78 is 15.7.